The highest BCUT2D eigenvalue weighted by atomic mass is 35.5. The molecule has 0 saturated heterocycles. The van der Waals surface area contributed by atoms with Crippen molar-refractivity contribution in [2.45, 2.75) is 6.92 Å². The van der Waals surface area contributed by atoms with Crippen LogP contribution in [0.2, 0.25) is 5.02 Å². The zero-order valence-corrected chi connectivity index (χ0v) is 7.92. The second-order valence-electron chi connectivity index (χ2n) is 2.24. The van der Waals surface area contributed by atoms with Gasteiger partial charge in [-0.1, -0.05) is 23.8 Å². The Balaban J connectivity index is 3.06. The molecule has 5 heteroatoms. The van der Waals surface area contributed by atoms with Crippen LogP contribution in [-0.4, -0.2) is 10.9 Å². The van der Waals surface area contributed by atoms with E-state index in [0.29, 0.717) is 15.4 Å². The highest BCUT2D eigenvalue weighted by Gasteiger charge is 1.98. The summed E-state index contributed by atoms with van der Waals surface area (Å²) in [6.45, 7) is 1.41. The molecule has 0 unspecified atom stereocenters. The molecule has 64 valence electrons. The van der Waals surface area contributed by atoms with E-state index >= 15 is 0 Å². The van der Waals surface area contributed by atoms with Crippen molar-refractivity contribution in [3.8, 4) is 0 Å². The van der Waals surface area contributed by atoms with Crippen molar-refractivity contribution in [3.63, 3.8) is 0 Å². The van der Waals surface area contributed by atoms with Crippen LogP contribution < -0.4 is 5.32 Å². The van der Waals surface area contributed by atoms with Gasteiger partial charge >= 0.3 is 0 Å². The number of carbonyl (C=O) groups is 1. The molecule has 0 spiro atoms. The summed E-state index contributed by atoms with van der Waals surface area (Å²) in [5.74, 6) is -0.170. The number of halogens is 1. The minimum atomic E-state index is -0.170. The standard InChI is InChI=1S/C7H7ClN2OS/c1-4(11)10-6-2-5(8)3-9-7(6)12/h2-3H,1H3,(H,9,12)(H,10,11). The van der Waals surface area contributed by atoms with Crippen molar-refractivity contribution < 1.29 is 4.79 Å². The highest BCUT2D eigenvalue weighted by molar-refractivity contribution is 7.71. The third-order valence-corrected chi connectivity index (χ3v) is 1.73. The average Bonchev–Trinajstić information content (AvgIpc) is 1.96. The first-order valence-electron chi connectivity index (χ1n) is 3.25. The molecule has 0 aliphatic heterocycles. The predicted molar refractivity (Wildman–Crippen MR) is 50.9 cm³/mol. The zero-order valence-electron chi connectivity index (χ0n) is 6.35. The van der Waals surface area contributed by atoms with Gasteiger partial charge in [-0.25, -0.2) is 0 Å². The van der Waals surface area contributed by atoms with Gasteiger partial charge in [0, 0.05) is 13.1 Å². The van der Waals surface area contributed by atoms with Gasteiger partial charge in [0.15, 0.2) is 0 Å². The van der Waals surface area contributed by atoms with E-state index in [4.69, 9.17) is 23.8 Å². The maximum Gasteiger partial charge on any atom is 0.221 e. The third-order valence-electron chi connectivity index (χ3n) is 1.18. The summed E-state index contributed by atoms with van der Waals surface area (Å²) in [7, 11) is 0. The fourth-order valence-corrected chi connectivity index (χ4v) is 1.07. The van der Waals surface area contributed by atoms with Gasteiger partial charge in [0.2, 0.25) is 5.91 Å². The molecular formula is C7H7ClN2OS. The van der Waals surface area contributed by atoms with E-state index in [0.717, 1.165) is 0 Å². The lowest BCUT2D eigenvalue weighted by Gasteiger charge is -2.01. The molecule has 0 fully saturated rings. The first-order chi connectivity index (χ1) is 5.59. The van der Waals surface area contributed by atoms with Crippen molar-refractivity contribution >= 4 is 35.4 Å². The summed E-state index contributed by atoms with van der Waals surface area (Å²) in [4.78, 5) is 13.4. The minimum absolute atomic E-state index is 0.170. The van der Waals surface area contributed by atoms with Crippen LogP contribution in [0.1, 0.15) is 6.92 Å². The summed E-state index contributed by atoms with van der Waals surface area (Å²) in [6, 6.07) is 1.60. The van der Waals surface area contributed by atoms with Gasteiger partial charge in [-0.05, 0) is 6.07 Å². The molecule has 0 atom stereocenters. The zero-order chi connectivity index (χ0) is 9.14. The van der Waals surface area contributed by atoms with Crippen molar-refractivity contribution in [2.24, 2.45) is 0 Å². The summed E-state index contributed by atoms with van der Waals surface area (Å²) in [6.07, 6.45) is 1.56. The molecule has 1 aromatic rings. The number of nitrogens with one attached hydrogen (secondary N) is 2. The van der Waals surface area contributed by atoms with Crippen molar-refractivity contribution in [3.05, 3.63) is 21.9 Å². The van der Waals surface area contributed by atoms with Crippen LogP contribution in [-0.2, 0) is 4.79 Å². The molecule has 1 amide bonds. The second kappa shape index (κ2) is 3.69. The van der Waals surface area contributed by atoms with Crippen molar-refractivity contribution in [2.75, 3.05) is 5.32 Å². The van der Waals surface area contributed by atoms with E-state index < -0.39 is 0 Å². The largest absolute Gasteiger partial charge is 0.350 e. The summed E-state index contributed by atoms with van der Waals surface area (Å²) < 4.78 is 0.467. The van der Waals surface area contributed by atoms with Gasteiger partial charge in [-0.2, -0.15) is 0 Å². The summed E-state index contributed by atoms with van der Waals surface area (Å²) in [5, 5.41) is 3.06. The number of hydrogen-bond acceptors (Lipinski definition) is 2. The summed E-state index contributed by atoms with van der Waals surface area (Å²) in [5.41, 5.74) is 0.532. The number of amides is 1. The van der Waals surface area contributed by atoms with Gasteiger partial charge in [-0.15, -0.1) is 0 Å². The van der Waals surface area contributed by atoms with E-state index in [1.165, 1.54) is 6.92 Å². The number of hydrogen-bond donors (Lipinski definition) is 2. The minimum Gasteiger partial charge on any atom is -0.350 e. The molecule has 12 heavy (non-hydrogen) atoms. The van der Waals surface area contributed by atoms with Crippen molar-refractivity contribution in [1.29, 1.82) is 0 Å². The molecule has 0 aliphatic rings. The third kappa shape index (κ3) is 2.32. The molecule has 0 saturated carbocycles. The smallest absolute Gasteiger partial charge is 0.221 e. The number of anilines is 1. The Morgan fingerprint density at radius 2 is 2.42 bits per heavy atom. The molecule has 3 nitrogen and oxygen atoms in total. The maximum absolute atomic E-state index is 10.7. The van der Waals surface area contributed by atoms with Crippen LogP contribution in [0.3, 0.4) is 0 Å². The molecule has 0 aromatic carbocycles. The number of carbonyl (C=O) groups excluding carboxylic acids is 1. The lowest BCUT2D eigenvalue weighted by Crippen LogP contribution is -2.06. The molecule has 1 heterocycles. The summed E-state index contributed by atoms with van der Waals surface area (Å²) >= 11 is 10.6. The first-order valence-corrected chi connectivity index (χ1v) is 4.04. The Labute approximate surface area is 79.8 Å². The molecule has 1 rings (SSSR count). The molecule has 1 aromatic heterocycles. The normalized spacial score (nSPS) is 9.50. The number of H-pyrrole nitrogens is 1. The van der Waals surface area contributed by atoms with Crippen LogP contribution >= 0.6 is 23.8 Å². The molecule has 0 aliphatic carbocycles. The van der Waals surface area contributed by atoms with E-state index in [9.17, 15) is 4.79 Å². The number of pyridine rings is 1. The van der Waals surface area contributed by atoms with Gasteiger partial charge < -0.3 is 10.3 Å². The highest BCUT2D eigenvalue weighted by Crippen LogP contribution is 2.14. The number of aromatic amines is 1. The Morgan fingerprint density at radius 3 is 3.00 bits per heavy atom. The Bertz CT molecular complexity index is 361. The lowest BCUT2D eigenvalue weighted by atomic mass is 10.4. The molecule has 0 radical (unpaired) electrons. The Hall–Kier alpha value is -0.870. The second-order valence-corrected chi connectivity index (χ2v) is 3.09. The van der Waals surface area contributed by atoms with Crippen LogP contribution in [0, 0.1) is 4.64 Å². The molecular weight excluding hydrogens is 196 g/mol. The first kappa shape index (κ1) is 9.22. The quantitative estimate of drug-likeness (QED) is 0.687. The lowest BCUT2D eigenvalue weighted by molar-refractivity contribution is -0.114. The Morgan fingerprint density at radius 1 is 1.75 bits per heavy atom. The monoisotopic (exact) mass is 202 g/mol. The van der Waals surface area contributed by atoms with Crippen molar-refractivity contribution in [1.82, 2.24) is 4.98 Å². The predicted octanol–water partition coefficient (Wildman–Crippen LogP) is 2.36. The number of aromatic nitrogens is 1. The molecule has 2 N–H and O–H groups in total. The average molecular weight is 203 g/mol. The topological polar surface area (TPSA) is 44.9 Å². The van der Waals surface area contributed by atoms with E-state index in [1.54, 1.807) is 12.3 Å². The van der Waals surface area contributed by atoms with E-state index in [-0.39, 0.29) is 5.91 Å². The fourth-order valence-electron chi connectivity index (χ4n) is 0.740. The maximum atomic E-state index is 10.7. The van der Waals surface area contributed by atoms with Gasteiger partial charge in [0.1, 0.15) is 4.64 Å². The van der Waals surface area contributed by atoms with Crippen LogP contribution in [0.5, 0.6) is 0 Å². The fraction of sp³-hybridized carbons (Fsp3) is 0.143. The van der Waals surface area contributed by atoms with Crippen LogP contribution in [0.25, 0.3) is 0 Å². The SMILES string of the molecule is CC(=O)Nc1cc(Cl)c[nH]c1=S. The molecule has 0 bridgehead atoms. The Kier molecular flexibility index (Phi) is 2.83. The number of rotatable bonds is 1. The van der Waals surface area contributed by atoms with Gasteiger partial charge in [0.25, 0.3) is 0 Å². The van der Waals surface area contributed by atoms with Gasteiger partial charge in [-0.3, -0.25) is 4.79 Å². The van der Waals surface area contributed by atoms with Gasteiger partial charge in [0.05, 0.1) is 10.7 Å². The van der Waals surface area contributed by atoms with E-state index in [1.807, 2.05) is 0 Å². The van der Waals surface area contributed by atoms with Crippen LogP contribution in [0.15, 0.2) is 12.3 Å². The van der Waals surface area contributed by atoms with E-state index in [2.05, 4.69) is 10.3 Å². The van der Waals surface area contributed by atoms with Crippen LogP contribution in [0.4, 0.5) is 5.69 Å².